The fourth-order valence-corrected chi connectivity index (χ4v) is 1.91. The number of amides is 1. The lowest BCUT2D eigenvalue weighted by Gasteiger charge is -2.30. The highest BCUT2D eigenvalue weighted by atomic mass is 16.5. The van der Waals surface area contributed by atoms with E-state index in [-0.39, 0.29) is 12.3 Å². The van der Waals surface area contributed by atoms with E-state index in [1.54, 1.807) is 21.3 Å². The van der Waals surface area contributed by atoms with E-state index >= 15 is 0 Å². The Balaban J connectivity index is 3.29. The molecule has 0 radical (unpaired) electrons. The summed E-state index contributed by atoms with van der Waals surface area (Å²) < 4.78 is 10.5. The van der Waals surface area contributed by atoms with Crippen molar-refractivity contribution in [1.29, 1.82) is 0 Å². The Kier molecular flexibility index (Phi) is 4.55. The van der Waals surface area contributed by atoms with Gasteiger partial charge in [-0.1, -0.05) is 0 Å². The summed E-state index contributed by atoms with van der Waals surface area (Å²) in [5.74, 6) is 1.02. The van der Waals surface area contributed by atoms with Crippen LogP contribution in [-0.2, 0) is 10.3 Å². The Morgan fingerprint density at radius 1 is 1.39 bits per heavy atom. The summed E-state index contributed by atoms with van der Waals surface area (Å²) >= 11 is 0. The molecular formula is C13H20N2O3. The maximum absolute atomic E-state index is 11.2. The number of carbonyl (C=O) groups excluding carboxylic acids is 1. The van der Waals surface area contributed by atoms with Crippen LogP contribution >= 0.6 is 0 Å². The molecule has 0 saturated heterocycles. The van der Waals surface area contributed by atoms with Crippen molar-refractivity contribution in [3.05, 3.63) is 23.8 Å². The number of primary amides is 1. The predicted octanol–water partition coefficient (Wildman–Crippen LogP) is 1.01. The number of ether oxygens (including phenoxy) is 2. The molecular weight excluding hydrogens is 232 g/mol. The highest BCUT2D eigenvalue weighted by Gasteiger charge is 2.30. The van der Waals surface area contributed by atoms with E-state index in [2.05, 4.69) is 5.32 Å². The van der Waals surface area contributed by atoms with Gasteiger partial charge in [-0.2, -0.15) is 0 Å². The maximum Gasteiger partial charge on any atom is 0.219 e. The summed E-state index contributed by atoms with van der Waals surface area (Å²) in [5, 5.41) is 3.12. The van der Waals surface area contributed by atoms with Crippen LogP contribution in [0.15, 0.2) is 18.2 Å². The Bertz CT molecular complexity index is 434. The van der Waals surface area contributed by atoms with Gasteiger partial charge in [-0.15, -0.1) is 0 Å². The molecule has 1 atom stereocenters. The number of nitrogens with two attached hydrogens (primary N) is 1. The first-order chi connectivity index (χ1) is 8.46. The van der Waals surface area contributed by atoms with Gasteiger partial charge < -0.3 is 20.5 Å². The van der Waals surface area contributed by atoms with Crippen LogP contribution in [0.25, 0.3) is 0 Å². The van der Waals surface area contributed by atoms with Crippen LogP contribution in [0.3, 0.4) is 0 Å². The number of hydrogen-bond acceptors (Lipinski definition) is 4. The first-order valence-electron chi connectivity index (χ1n) is 5.66. The molecule has 5 heteroatoms. The minimum Gasteiger partial charge on any atom is -0.497 e. The summed E-state index contributed by atoms with van der Waals surface area (Å²) in [6, 6.07) is 5.46. The van der Waals surface area contributed by atoms with Gasteiger partial charge in [0.2, 0.25) is 5.91 Å². The molecule has 0 heterocycles. The van der Waals surface area contributed by atoms with Crippen molar-refractivity contribution in [3.8, 4) is 11.5 Å². The second kappa shape index (κ2) is 5.73. The van der Waals surface area contributed by atoms with Crippen molar-refractivity contribution < 1.29 is 14.3 Å². The number of rotatable bonds is 6. The molecule has 0 spiro atoms. The average molecular weight is 252 g/mol. The van der Waals surface area contributed by atoms with Gasteiger partial charge in [-0.05, 0) is 32.2 Å². The fraction of sp³-hybridized carbons (Fsp3) is 0.462. The third-order valence-electron chi connectivity index (χ3n) is 3.08. The lowest BCUT2D eigenvalue weighted by atomic mass is 9.87. The Hall–Kier alpha value is -1.75. The quantitative estimate of drug-likeness (QED) is 0.792. The fourth-order valence-electron chi connectivity index (χ4n) is 1.91. The van der Waals surface area contributed by atoms with Crippen LogP contribution in [0.4, 0.5) is 0 Å². The molecule has 0 fully saturated rings. The van der Waals surface area contributed by atoms with Gasteiger partial charge in [0.25, 0.3) is 0 Å². The molecule has 0 aliphatic carbocycles. The smallest absolute Gasteiger partial charge is 0.219 e. The molecule has 1 aromatic rings. The molecule has 1 rings (SSSR count). The molecule has 0 aliphatic rings. The minimum absolute atomic E-state index is 0.174. The van der Waals surface area contributed by atoms with Crippen molar-refractivity contribution in [2.45, 2.75) is 18.9 Å². The van der Waals surface area contributed by atoms with Crippen LogP contribution in [-0.4, -0.2) is 27.2 Å². The number of methoxy groups -OCH3 is 2. The number of nitrogens with one attached hydrogen (secondary N) is 1. The molecule has 5 nitrogen and oxygen atoms in total. The van der Waals surface area contributed by atoms with Crippen molar-refractivity contribution in [2.75, 3.05) is 21.3 Å². The molecule has 0 aliphatic heterocycles. The van der Waals surface area contributed by atoms with E-state index in [0.717, 1.165) is 5.56 Å². The average Bonchev–Trinajstić information content (AvgIpc) is 2.37. The second-order valence-corrected chi connectivity index (χ2v) is 4.29. The Morgan fingerprint density at radius 3 is 2.50 bits per heavy atom. The SMILES string of the molecule is CNC(C)(CC(N)=O)c1cc(OC)ccc1OC. The van der Waals surface area contributed by atoms with Gasteiger partial charge in [0, 0.05) is 12.0 Å². The largest absolute Gasteiger partial charge is 0.497 e. The van der Waals surface area contributed by atoms with Crippen molar-refractivity contribution >= 4 is 5.91 Å². The highest BCUT2D eigenvalue weighted by Crippen LogP contribution is 2.34. The molecule has 1 unspecified atom stereocenters. The maximum atomic E-state index is 11.2. The van der Waals surface area contributed by atoms with E-state index in [4.69, 9.17) is 15.2 Å². The van der Waals surface area contributed by atoms with Gasteiger partial charge >= 0.3 is 0 Å². The summed E-state index contributed by atoms with van der Waals surface area (Å²) in [7, 11) is 4.96. The van der Waals surface area contributed by atoms with Gasteiger partial charge in [0.15, 0.2) is 0 Å². The van der Waals surface area contributed by atoms with Crippen LogP contribution < -0.4 is 20.5 Å². The van der Waals surface area contributed by atoms with E-state index < -0.39 is 5.54 Å². The van der Waals surface area contributed by atoms with Gasteiger partial charge in [-0.25, -0.2) is 0 Å². The standard InChI is InChI=1S/C13H20N2O3/c1-13(15-2,8-12(14)16)10-7-9(17-3)5-6-11(10)18-4/h5-7,15H,8H2,1-4H3,(H2,14,16). The molecule has 18 heavy (non-hydrogen) atoms. The van der Waals surface area contributed by atoms with Gasteiger partial charge in [0.05, 0.1) is 19.8 Å². The van der Waals surface area contributed by atoms with Crippen molar-refractivity contribution in [2.24, 2.45) is 5.73 Å². The summed E-state index contributed by atoms with van der Waals surface area (Å²) in [6.45, 7) is 1.90. The van der Waals surface area contributed by atoms with Gasteiger partial charge in [0.1, 0.15) is 11.5 Å². The normalized spacial score (nSPS) is 13.8. The van der Waals surface area contributed by atoms with Gasteiger partial charge in [-0.3, -0.25) is 4.79 Å². The zero-order chi connectivity index (χ0) is 13.8. The molecule has 0 saturated carbocycles. The summed E-state index contributed by atoms with van der Waals surface area (Å²) in [6.07, 6.45) is 0.174. The molecule has 100 valence electrons. The molecule has 1 aromatic carbocycles. The molecule has 3 N–H and O–H groups in total. The lowest BCUT2D eigenvalue weighted by molar-refractivity contribution is -0.119. The number of carbonyl (C=O) groups is 1. The van der Waals surface area contributed by atoms with E-state index in [0.29, 0.717) is 11.5 Å². The van der Waals surface area contributed by atoms with Crippen LogP contribution in [0.2, 0.25) is 0 Å². The van der Waals surface area contributed by atoms with Crippen molar-refractivity contribution in [3.63, 3.8) is 0 Å². The van der Waals surface area contributed by atoms with E-state index in [1.165, 1.54) is 0 Å². The summed E-state index contributed by atoms with van der Waals surface area (Å²) in [5.41, 5.74) is 5.55. The zero-order valence-corrected chi connectivity index (χ0v) is 11.2. The van der Waals surface area contributed by atoms with Crippen molar-refractivity contribution in [1.82, 2.24) is 5.32 Å². The van der Waals surface area contributed by atoms with Crippen LogP contribution in [0.1, 0.15) is 18.9 Å². The number of hydrogen-bond donors (Lipinski definition) is 2. The molecule has 0 aromatic heterocycles. The molecule has 1 amide bonds. The predicted molar refractivity (Wildman–Crippen MR) is 69.8 cm³/mol. The Morgan fingerprint density at radius 2 is 2.06 bits per heavy atom. The first-order valence-corrected chi connectivity index (χ1v) is 5.66. The summed E-state index contributed by atoms with van der Waals surface area (Å²) in [4.78, 5) is 11.2. The third-order valence-corrected chi connectivity index (χ3v) is 3.08. The minimum atomic E-state index is -0.592. The highest BCUT2D eigenvalue weighted by molar-refractivity contribution is 5.75. The Labute approximate surface area is 107 Å². The second-order valence-electron chi connectivity index (χ2n) is 4.29. The van der Waals surface area contributed by atoms with E-state index in [1.807, 2.05) is 25.1 Å². The topological polar surface area (TPSA) is 73.6 Å². The third kappa shape index (κ3) is 2.92. The first kappa shape index (κ1) is 14.3. The number of benzene rings is 1. The van der Waals surface area contributed by atoms with E-state index in [9.17, 15) is 4.79 Å². The molecule has 0 bridgehead atoms. The van der Waals surface area contributed by atoms with Crippen LogP contribution in [0, 0.1) is 0 Å². The van der Waals surface area contributed by atoms with Crippen LogP contribution in [0.5, 0.6) is 11.5 Å². The monoisotopic (exact) mass is 252 g/mol. The zero-order valence-electron chi connectivity index (χ0n) is 11.2. The lowest BCUT2D eigenvalue weighted by Crippen LogP contribution is -2.40.